The smallest absolute Gasteiger partial charge is 0.204 e. The van der Waals surface area contributed by atoms with Crippen molar-refractivity contribution in [2.45, 2.75) is 26.3 Å². The van der Waals surface area contributed by atoms with Gasteiger partial charge in [0.25, 0.3) is 0 Å². The Bertz CT molecular complexity index is 1230. The fourth-order valence-corrected chi connectivity index (χ4v) is 3.39. The van der Waals surface area contributed by atoms with Crippen molar-refractivity contribution in [3.63, 3.8) is 0 Å². The Labute approximate surface area is 164 Å². The van der Waals surface area contributed by atoms with E-state index in [-0.39, 0.29) is 22.4 Å². The molecule has 0 atom stereocenters. The van der Waals surface area contributed by atoms with Crippen LogP contribution in [0, 0.1) is 0 Å². The molecule has 4 rings (SSSR count). The lowest BCUT2D eigenvalue weighted by Gasteiger charge is -2.22. The first kappa shape index (κ1) is 17.6. The van der Waals surface area contributed by atoms with Crippen LogP contribution >= 0.6 is 15.9 Å². The predicted molar refractivity (Wildman–Crippen MR) is 112 cm³/mol. The van der Waals surface area contributed by atoms with Crippen molar-refractivity contribution >= 4 is 44.2 Å². The Hall–Kier alpha value is -2.80. The van der Waals surface area contributed by atoms with Crippen molar-refractivity contribution in [2.75, 3.05) is 11.1 Å². The van der Waals surface area contributed by atoms with Gasteiger partial charge >= 0.3 is 0 Å². The quantitative estimate of drug-likeness (QED) is 0.486. The Kier molecular flexibility index (Phi) is 3.99. The molecular formula is C20H19BrN4O2. The standard InChI is InChI=1S/C20H19BrN4O2/c1-20(2,3)24-19-16(23-14-9-8-11(21)10-25(14)19)15-17(26)12-6-4-5-7-13(12)27-18(15)22/h4-10,24H,22H2,1-3H3. The Balaban J connectivity index is 2.09. The van der Waals surface area contributed by atoms with Gasteiger partial charge in [-0.3, -0.25) is 9.20 Å². The number of aromatic nitrogens is 2. The number of rotatable bonds is 2. The molecule has 4 aromatic rings. The summed E-state index contributed by atoms with van der Waals surface area (Å²) in [5.41, 5.74) is 7.60. The first-order valence-electron chi connectivity index (χ1n) is 8.52. The Morgan fingerprint density at radius 3 is 2.67 bits per heavy atom. The summed E-state index contributed by atoms with van der Waals surface area (Å²) in [5.74, 6) is 0.742. The number of hydrogen-bond acceptors (Lipinski definition) is 5. The van der Waals surface area contributed by atoms with Crippen molar-refractivity contribution in [2.24, 2.45) is 0 Å². The number of hydrogen-bond donors (Lipinski definition) is 2. The van der Waals surface area contributed by atoms with E-state index in [1.165, 1.54) is 0 Å². The third kappa shape index (κ3) is 3.08. The molecule has 0 unspecified atom stereocenters. The molecule has 3 aromatic heterocycles. The number of nitrogens with zero attached hydrogens (tertiary/aromatic N) is 2. The van der Waals surface area contributed by atoms with E-state index in [1.807, 2.05) is 43.5 Å². The molecule has 0 fully saturated rings. The molecule has 0 saturated heterocycles. The van der Waals surface area contributed by atoms with Crippen LogP contribution in [0.3, 0.4) is 0 Å². The zero-order valence-electron chi connectivity index (χ0n) is 15.2. The van der Waals surface area contributed by atoms with Crippen LogP contribution in [-0.2, 0) is 0 Å². The number of imidazole rings is 1. The number of para-hydroxylation sites is 1. The van der Waals surface area contributed by atoms with Gasteiger partial charge in [-0.15, -0.1) is 0 Å². The number of nitrogen functional groups attached to an aromatic ring is 1. The molecule has 0 aliphatic carbocycles. The molecule has 138 valence electrons. The fraction of sp³-hybridized carbons (Fsp3) is 0.200. The molecule has 0 aliphatic heterocycles. The van der Waals surface area contributed by atoms with Crippen LogP contribution in [0.15, 0.2) is 56.3 Å². The van der Waals surface area contributed by atoms with Crippen molar-refractivity contribution in [3.8, 4) is 11.3 Å². The molecular weight excluding hydrogens is 408 g/mol. The number of pyridine rings is 1. The number of benzene rings is 1. The number of anilines is 2. The van der Waals surface area contributed by atoms with Crippen molar-refractivity contribution in [1.29, 1.82) is 0 Å². The lowest BCUT2D eigenvalue weighted by molar-refractivity contribution is 0.624. The SMILES string of the molecule is CC(C)(C)Nc1c(-c2c(N)oc3ccccc3c2=O)nc2ccc(Br)cn12. The summed E-state index contributed by atoms with van der Waals surface area (Å²) < 4.78 is 8.52. The summed E-state index contributed by atoms with van der Waals surface area (Å²) in [7, 11) is 0. The highest BCUT2D eigenvalue weighted by molar-refractivity contribution is 9.10. The van der Waals surface area contributed by atoms with Gasteiger partial charge < -0.3 is 15.5 Å². The second kappa shape index (κ2) is 6.13. The molecule has 0 saturated carbocycles. The van der Waals surface area contributed by atoms with Crippen LogP contribution in [0.25, 0.3) is 27.9 Å². The molecule has 0 radical (unpaired) electrons. The zero-order chi connectivity index (χ0) is 19.3. The van der Waals surface area contributed by atoms with Crippen LogP contribution < -0.4 is 16.5 Å². The highest BCUT2D eigenvalue weighted by Crippen LogP contribution is 2.34. The van der Waals surface area contributed by atoms with Crippen molar-refractivity contribution < 1.29 is 4.42 Å². The third-order valence-corrected chi connectivity index (χ3v) is 4.61. The number of fused-ring (bicyclic) bond motifs is 2. The first-order chi connectivity index (χ1) is 12.7. The minimum atomic E-state index is -0.251. The molecule has 3 heterocycles. The third-order valence-electron chi connectivity index (χ3n) is 4.14. The second-order valence-corrected chi connectivity index (χ2v) is 8.34. The van der Waals surface area contributed by atoms with Gasteiger partial charge in [0.2, 0.25) is 11.3 Å². The summed E-state index contributed by atoms with van der Waals surface area (Å²) in [4.78, 5) is 17.9. The van der Waals surface area contributed by atoms with Crippen LogP contribution in [-0.4, -0.2) is 14.9 Å². The molecule has 0 amide bonds. The normalized spacial score (nSPS) is 12.0. The van der Waals surface area contributed by atoms with Gasteiger partial charge in [-0.2, -0.15) is 0 Å². The number of nitrogens with two attached hydrogens (primary N) is 1. The van der Waals surface area contributed by atoms with Crippen LogP contribution in [0.4, 0.5) is 11.7 Å². The zero-order valence-corrected chi connectivity index (χ0v) is 16.8. The van der Waals surface area contributed by atoms with Gasteiger partial charge in [-0.1, -0.05) is 12.1 Å². The van der Waals surface area contributed by atoms with Crippen LogP contribution in [0.5, 0.6) is 0 Å². The van der Waals surface area contributed by atoms with E-state index in [0.29, 0.717) is 28.1 Å². The molecule has 7 heteroatoms. The van der Waals surface area contributed by atoms with Gasteiger partial charge in [-0.05, 0) is 61.0 Å². The highest BCUT2D eigenvalue weighted by atomic mass is 79.9. The average Bonchev–Trinajstić information content (AvgIpc) is 2.91. The maximum atomic E-state index is 13.2. The monoisotopic (exact) mass is 426 g/mol. The maximum Gasteiger partial charge on any atom is 0.204 e. The lowest BCUT2D eigenvalue weighted by Crippen LogP contribution is -2.27. The lowest BCUT2D eigenvalue weighted by atomic mass is 10.1. The molecule has 0 spiro atoms. The van der Waals surface area contributed by atoms with Gasteiger partial charge in [0.05, 0.1) is 5.39 Å². The number of nitrogens with one attached hydrogen (secondary N) is 1. The summed E-state index contributed by atoms with van der Waals surface area (Å²) in [6, 6.07) is 10.8. The van der Waals surface area contributed by atoms with E-state index in [0.717, 1.165) is 4.47 Å². The van der Waals surface area contributed by atoms with E-state index in [2.05, 4.69) is 26.2 Å². The van der Waals surface area contributed by atoms with E-state index >= 15 is 0 Å². The largest absolute Gasteiger partial charge is 0.440 e. The van der Waals surface area contributed by atoms with Crippen LogP contribution in [0.2, 0.25) is 0 Å². The van der Waals surface area contributed by atoms with E-state index in [9.17, 15) is 4.79 Å². The summed E-state index contributed by atoms with van der Waals surface area (Å²) in [5, 5.41) is 3.92. The van der Waals surface area contributed by atoms with E-state index in [4.69, 9.17) is 10.2 Å². The fourth-order valence-electron chi connectivity index (χ4n) is 3.05. The van der Waals surface area contributed by atoms with Gasteiger partial charge in [0, 0.05) is 16.2 Å². The summed E-state index contributed by atoms with van der Waals surface area (Å²) in [6.45, 7) is 6.13. The Morgan fingerprint density at radius 2 is 1.93 bits per heavy atom. The topological polar surface area (TPSA) is 85.6 Å². The molecule has 27 heavy (non-hydrogen) atoms. The molecule has 6 nitrogen and oxygen atoms in total. The maximum absolute atomic E-state index is 13.2. The predicted octanol–water partition coefficient (Wildman–Crippen LogP) is 4.66. The Morgan fingerprint density at radius 1 is 1.19 bits per heavy atom. The van der Waals surface area contributed by atoms with Gasteiger partial charge in [0.1, 0.15) is 28.3 Å². The van der Waals surface area contributed by atoms with Crippen molar-refractivity contribution in [3.05, 3.63) is 57.3 Å². The minimum Gasteiger partial charge on any atom is -0.440 e. The van der Waals surface area contributed by atoms with Crippen LogP contribution in [0.1, 0.15) is 20.8 Å². The first-order valence-corrected chi connectivity index (χ1v) is 9.31. The molecule has 0 aliphatic rings. The summed E-state index contributed by atoms with van der Waals surface area (Å²) >= 11 is 3.49. The summed E-state index contributed by atoms with van der Waals surface area (Å²) in [6.07, 6.45) is 1.90. The average molecular weight is 427 g/mol. The second-order valence-electron chi connectivity index (χ2n) is 7.43. The van der Waals surface area contributed by atoms with E-state index in [1.54, 1.807) is 24.3 Å². The molecule has 1 aromatic carbocycles. The van der Waals surface area contributed by atoms with Crippen molar-refractivity contribution in [1.82, 2.24) is 9.38 Å². The molecule has 3 N–H and O–H groups in total. The highest BCUT2D eigenvalue weighted by Gasteiger charge is 2.24. The molecule has 0 bridgehead atoms. The van der Waals surface area contributed by atoms with E-state index < -0.39 is 0 Å². The van der Waals surface area contributed by atoms with Gasteiger partial charge in [-0.25, -0.2) is 4.98 Å². The minimum absolute atomic E-state index is 0.0538. The van der Waals surface area contributed by atoms with Gasteiger partial charge in [0.15, 0.2) is 0 Å². The number of halogens is 1.